The Morgan fingerprint density at radius 1 is 0.560 bits per heavy atom. The monoisotopic (exact) mass is 321 g/mol. The second kappa shape index (κ2) is 5.60. The van der Waals surface area contributed by atoms with E-state index < -0.39 is 0 Å². The van der Waals surface area contributed by atoms with E-state index in [9.17, 15) is 0 Å². The van der Waals surface area contributed by atoms with Crippen molar-refractivity contribution in [3.8, 4) is 22.4 Å². The van der Waals surface area contributed by atoms with E-state index in [1.165, 1.54) is 11.1 Å². The van der Waals surface area contributed by atoms with E-state index in [2.05, 4.69) is 59.6 Å². The van der Waals surface area contributed by atoms with Crippen LogP contribution in [-0.2, 0) is 0 Å². The van der Waals surface area contributed by atoms with Gasteiger partial charge in [0.15, 0.2) is 0 Å². The fraction of sp³-hybridized carbons (Fsp3) is 0. The van der Waals surface area contributed by atoms with Gasteiger partial charge in [-0.2, -0.15) is 0 Å². The SMILES string of the molecule is c1ccc(-c2cccc(-c3cc4oc5ccccc5c4cn3)c2)cc1. The molecule has 2 nitrogen and oxygen atoms in total. The van der Waals surface area contributed by atoms with Crippen LogP contribution in [0.2, 0.25) is 0 Å². The minimum absolute atomic E-state index is 0.872. The Labute approximate surface area is 145 Å². The number of aromatic nitrogens is 1. The van der Waals surface area contributed by atoms with E-state index in [-0.39, 0.29) is 0 Å². The van der Waals surface area contributed by atoms with E-state index in [4.69, 9.17) is 4.42 Å². The van der Waals surface area contributed by atoms with Crippen LogP contribution in [0.3, 0.4) is 0 Å². The molecule has 0 aliphatic rings. The van der Waals surface area contributed by atoms with Crippen molar-refractivity contribution in [1.82, 2.24) is 4.98 Å². The van der Waals surface area contributed by atoms with Gasteiger partial charge < -0.3 is 4.42 Å². The standard InChI is InChI=1S/C23H15NO/c1-2-7-16(8-3-1)17-9-6-10-18(13-17)21-14-23-20(15-24-21)19-11-4-5-12-22(19)25-23/h1-15H. The Morgan fingerprint density at radius 3 is 2.24 bits per heavy atom. The first-order chi connectivity index (χ1) is 12.4. The smallest absolute Gasteiger partial charge is 0.139 e. The molecule has 2 heterocycles. The molecule has 3 aromatic carbocycles. The summed E-state index contributed by atoms with van der Waals surface area (Å²) in [5.41, 5.74) is 6.16. The summed E-state index contributed by atoms with van der Waals surface area (Å²) in [7, 11) is 0. The first-order valence-electron chi connectivity index (χ1n) is 8.32. The minimum atomic E-state index is 0.872. The molecule has 0 aliphatic carbocycles. The minimum Gasteiger partial charge on any atom is -0.456 e. The third-order valence-corrected chi connectivity index (χ3v) is 4.53. The number of fused-ring (bicyclic) bond motifs is 3. The van der Waals surface area contributed by atoms with E-state index >= 15 is 0 Å². The molecule has 5 aromatic rings. The highest BCUT2D eigenvalue weighted by molar-refractivity contribution is 6.05. The molecule has 0 fully saturated rings. The summed E-state index contributed by atoms with van der Waals surface area (Å²) < 4.78 is 5.99. The van der Waals surface area contributed by atoms with Crippen LogP contribution in [0.15, 0.2) is 95.5 Å². The first kappa shape index (κ1) is 14.0. The molecule has 5 rings (SSSR count). The zero-order valence-electron chi connectivity index (χ0n) is 13.5. The maximum absolute atomic E-state index is 5.99. The van der Waals surface area contributed by atoms with Crippen LogP contribution in [0.4, 0.5) is 0 Å². The van der Waals surface area contributed by atoms with Gasteiger partial charge in [-0.25, -0.2) is 0 Å². The summed E-state index contributed by atoms with van der Waals surface area (Å²) >= 11 is 0. The van der Waals surface area contributed by atoms with Gasteiger partial charge in [0.05, 0.1) is 5.69 Å². The normalized spacial score (nSPS) is 11.2. The quantitative estimate of drug-likeness (QED) is 0.380. The highest BCUT2D eigenvalue weighted by Gasteiger charge is 2.09. The van der Waals surface area contributed by atoms with E-state index in [0.717, 1.165) is 33.2 Å². The van der Waals surface area contributed by atoms with Crippen LogP contribution >= 0.6 is 0 Å². The van der Waals surface area contributed by atoms with E-state index in [0.29, 0.717) is 0 Å². The predicted octanol–water partition coefficient (Wildman–Crippen LogP) is 6.32. The van der Waals surface area contributed by atoms with Crippen molar-refractivity contribution < 1.29 is 4.42 Å². The fourth-order valence-corrected chi connectivity index (χ4v) is 3.27. The summed E-state index contributed by atoms with van der Waals surface area (Å²) in [5.74, 6) is 0. The van der Waals surface area contributed by atoms with Crippen LogP contribution in [0.25, 0.3) is 44.3 Å². The van der Waals surface area contributed by atoms with Gasteiger partial charge >= 0.3 is 0 Å². The van der Waals surface area contributed by atoms with Gasteiger partial charge in [0, 0.05) is 28.6 Å². The summed E-state index contributed by atoms with van der Waals surface area (Å²) in [6.45, 7) is 0. The van der Waals surface area contributed by atoms with E-state index in [1.807, 2.05) is 36.5 Å². The van der Waals surface area contributed by atoms with Crippen LogP contribution < -0.4 is 0 Å². The maximum Gasteiger partial charge on any atom is 0.139 e. The van der Waals surface area contributed by atoms with Crippen LogP contribution in [0, 0.1) is 0 Å². The van der Waals surface area contributed by atoms with Gasteiger partial charge in [-0.1, -0.05) is 66.7 Å². The van der Waals surface area contributed by atoms with Gasteiger partial charge in [-0.05, 0) is 23.3 Å². The number of pyridine rings is 1. The molecule has 118 valence electrons. The molecular weight excluding hydrogens is 306 g/mol. The molecule has 0 radical (unpaired) electrons. The maximum atomic E-state index is 5.99. The summed E-state index contributed by atoms with van der Waals surface area (Å²) in [5, 5.41) is 2.16. The molecule has 0 aliphatic heterocycles. The lowest BCUT2D eigenvalue weighted by molar-refractivity contribution is 0.668. The number of hydrogen-bond donors (Lipinski definition) is 0. The topological polar surface area (TPSA) is 26.0 Å². The molecule has 2 aromatic heterocycles. The lowest BCUT2D eigenvalue weighted by Gasteiger charge is -2.05. The van der Waals surface area contributed by atoms with Crippen molar-refractivity contribution in [2.24, 2.45) is 0 Å². The van der Waals surface area contributed by atoms with Gasteiger partial charge in [-0.3, -0.25) is 4.98 Å². The molecule has 0 amide bonds. The molecule has 0 saturated carbocycles. The summed E-state index contributed by atoms with van der Waals surface area (Å²) in [6, 6.07) is 28.9. The second-order valence-corrected chi connectivity index (χ2v) is 6.11. The lowest BCUT2D eigenvalue weighted by Crippen LogP contribution is -1.84. The number of benzene rings is 3. The Kier molecular flexibility index (Phi) is 3.14. The zero-order chi connectivity index (χ0) is 16.6. The number of para-hydroxylation sites is 1. The molecule has 0 spiro atoms. The van der Waals surface area contributed by atoms with Crippen molar-refractivity contribution in [3.63, 3.8) is 0 Å². The van der Waals surface area contributed by atoms with Crippen molar-refractivity contribution in [2.45, 2.75) is 0 Å². The molecule has 0 saturated heterocycles. The molecule has 0 N–H and O–H groups in total. The third kappa shape index (κ3) is 2.39. The van der Waals surface area contributed by atoms with Crippen molar-refractivity contribution in [2.75, 3.05) is 0 Å². The zero-order valence-corrected chi connectivity index (χ0v) is 13.5. The van der Waals surface area contributed by atoms with Crippen LogP contribution in [-0.4, -0.2) is 4.98 Å². The molecule has 0 bridgehead atoms. The molecule has 0 atom stereocenters. The molecule has 2 heteroatoms. The second-order valence-electron chi connectivity index (χ2n) is 6.11. The Morgan fingerprint density at radius 2 is 1.32 bits per heavy atom. The van der Waals surface area contributed by atoms with Gasteiger partial charge in [0.25, 0.3) is 0 Å². The third-order valence-electron chi connectivity index (χ3n) is 4.53. The van der Waals surface area contributed by atoms with Crippen molar-refractivity contribution in [1.29, 1.82) is 0 Å². The van der Waals surface area contributed by atoms with Gasteiger partial charge in [0.1, 0.15) is 11.2 Å². The first-order valence-corrected chi connectivity index (χ1v) is 8.32. The predicted molar refractivity (Wildman–Crippen MR) is 102 cm³/mol. The Hall–Kier alpha value is -3.39. The van der Waals surface area contributed by atoms with Gasteiger partial charge in [0.2, 0.25) is 0 Å². The van der Waals surface area contributed by atoms with Crippen LogP contribution in [0.1, 0.15) is 0 Å². The number of rotatable bonds is 2. The average molecular weight is 321 g/mol. The molecule has 25 heavy (non-hydrogen) atoms. The lowest BCUT2D eigenvalue weighted by atomic mass is 10.0. The fourth-order valence-electron chi connectivity index (χ4n) is 3.27. The molecular formula is C23H15NO. The summed E-state index contributed by atoms with van der Waals surface area (Å²) in [6.07, 6.45) is 1.91. The Balaban J connectivity index is 1.64. The highest BCUT2D eigenvalue weighted by Crippen LogP contribution is 2.31. The molecule has 0 unspecified atom stereocenters. The highest BCUT2D eigenvalue weighted by atomic mass is 16.3. The van der Waals surface area contributed by atoms with Crippen molar-refractivity contribution >= 4 is 21.9 Å². The average Bonchev–Trinajstić information content (AvgIpc) is 3.06. The van der Waals surface area contributed by atoms with Crippen LogP contribution in [0.5, 0.6) is 0 Å². The van der Waals surface area contributed by atoms with Gasteiger partial charge in [-0.15, -0.1) is 0 Å². The Bertz CT molecular complexity index is 1190. The van der Waals surface area contributed by atoms with Crippen molar-refractivity contribution in [3.05, 3.63) is 91.1 Å². The van der Waals surface area contributed by atoms with E-state index in [1.54, 1.807) is 0 Å². The largest absolute Gasteiger partial charge is 0.456 e. The number of hydrogen-bond acceptors (Lipinski definition) is 2. The summed E-state index contributed by atoms with van der Waals surface area (Å²) in [4.78, 5) is 4.67. The number of nitrogens with zero attached hydrogens (tertiary/aromatic N) is 1. The number of furan rings is 1.